The molecular weight excluding hydrogens is 233 g/mol. The molecule has 4 N–H and O–H groups in total. The third-order valence-electron chi connectivity index (χ3n) is 2.45. The zero-order chi connectivity index (χ0) is 12.4. The second-order valence-corrected chi connectivity index (χ2v) is 3.64. The molecule has 0 unspecified atom stereocenters. The quantitative estimate of drug-likeness (QED) is 0.521. The van der Waals surface area contributed by atoms with Gasteiger partial charge in [-0.25, -0.2) is 9.18 Å². The summed E-state index contributed by atoms with van der Waals surface area (Å²) in [6.45, 7) is -0.529. The normalized spacial score (nSPS) is 32.6. The number of H-pyrrole nitrogens is 1. The number of hydrogen-bond donors (Lipinski definition) is 4. The summed E-state index contributed by atoms with van der Waals surface area (Å²) in [4.78, 5) is 16.8. The number of nitrogens with zero attached hydrogens (tertiary/aromatic N) is 1. The zero-order valence-corrected chi connectivity index (χ0v) is 8.71. The van der Waals surface area contributed by atoms with E-state index in [4.69, 9.17) is 9.84 Å². The van der Waals surface area contributed by atoms with Crippen molar-refractivity contribution in [2.24, 2.45) is 0 Å². The van der Waals surface area contributed by atoms with Crippen LogP contribution in [0.5, 0.6) is 0 Å². The van der Waals surface area contributed by atoms with Gasteiger partial charge >= 0.3 is 5.69 Å². The van der Waals surface area contributed by atoms with Gasteiger partial charge in [-0.2, -0.15) is 4.98 Å². The first-order valence-corrected chi connectivity index (χ1v) is 5.02. The second-order valence-electron chi connectivity index (χ2n) is 3.64. The summed E-state index contributed by atoms with van der Waals surface area (Å²) in [6, 6.07) is 1.44. The Morgan fingerprint density at radius 3 is 3.00 bits per heavy atom. The lowest BCUT2D eigenvalue weighted by atomic mass is 10.1. The molecule has 2 heterocycles. The van der Waals surface area contributed by atoms with Gasteiger partial charge in [-0.05, 0) is 6.07 Å². The molecule has 0 spiro atoms. The van der Waals surface area contributed by atoms with Crippen molar-refractivity contribution < 1.29 is 19.3 Å². The van der Waals surface area contributed by atoms with E-state index in [0.717, 1.165) is 0 Å². The molecular formula is C9H12FN3O4. The van der Waals surface area contributed by atoms with E-state index in [0.29, 0.717) is 0 Å². The molecule has 0 saturated carbocycles. The molecule has 94 valence electrons. The second kappa shape index (κ2) is 4.78. The Hall–Kier alpha value is -1.51. The molecule has 0 amide bonds. The maximum atomic E-state index is 13.4. The summed E-state index contributed by atoms with van der Waals surface area (Å²) < 4.78 is 18.4. The minimum atomic E-state index is -1.68. The largest absolute Gasteiger partial charge is 0.394 e. The number of aromatic amines is 1. The molecule has 1 aromatic heterocycles. The van der Waals surface area contributed by atoms with Crippen LogP contribution in [0.4, 0.5) is 10.2 Å². The molecule has 0 aromatic carbocycles. The first-order chi connectivity index (χ1) is 8.11. The van der Waals surface area contributed by atoms with Crippen LogP contribution >= 0.6 is 0 Å². The van der Waals surface area contributed by atoms with Gasteiger partial charge in [0.05, 0.1) is 6.61 Å². The molecule has 1 saturated heterocycles. The van der Waals surface area contributed by atoms with Gasteiger partial charge in [0, 0.05) is 6.20 Å². The van der Waals surface area contributed by atoms with E-state index in [-0.39, 0.29) is 5.82 Å². The first-order valence-electron chi connectivity index (χ1n) is 5.02. The predicted molar refractivity (Wildman–Crippen MR) is 55.1 cm³/mol. The average Bonchev–Trinajstić information content (AvgIpc) is 2.57. The van der Waals surface area contributed by atoms with Gasteiger partial charge in [0.15, 0.2) is 12.4 Å². The summed E-state index contributed by atoms with van der Waals surface area (Å²) in [5.74, 6) is 0.156. The number of aliphatic hydroxyl groups is 2. The highest BCUT2D eigenvalue weighted by Crippen LogP contribution is 2.24. The minimum Gasteiger partial charge on any atom is -0.394 e. The molecule has 0 radical (unpaired) electrons. The van der Waals surface area contributed by atoms with Crippen molar-refractivity contribution in [2.45, 2.75) is 24.6 Å². The number of anilines is 1. The molecule has 1 fully saturated rings. The van der Waals surface area contributed by atoms with Crippen LogP contribution in [0.2, 0.25) is 0 Å². The fraction of sp³-hybridized carbons (Fsp3) is 0.556. The van der Waals surface area contributed by atoms with Crippen LogP contribution in [0.15, 0.2) is 17.1 Å². The van der Waals surface area contributed by atoms with E-state index in [1.54, 1.807) is 0 Å². The molecule has 0 bridgehead atoms. The van der Waals surface area contributed by atoms with Crippen LogP contribution in [0.25, 0.3) is 0 Å². The van der Waals surface area contributed by atoms with Crippen LogP contribution in [0.3, 0.4) is 0 Å². The fourth-order valence-electron chi connectivity index (χ4n) is 1.59. The van der Waals surface area contributed by atoms with Gasteiger partial charge in [0.1, 0.15) is 18.0 Å². The highest BCUT2D eigenvalue weighted by molar-refractivity contribution is 5.33. The van der Waals surface area contributed by atoms with Gasteiger partial charge in [-0.15, -0.1) is 0 Å². The fourth-order valence-corrected chi connectivity index (χ4v) is 1.59. The van der Waals surface area contributed by atoms with Gasteiger partial charge in [0.2, 0.25) is 0 Å². The number of aliphatic hydroxyl groups excluding tert-OH is 2. The van der Waals surface area contributed by atoms with Crippen molar-refractivity contribution >= 4 is 5.82 Å². The Kier molecular flexibility index (Phi) is 3.36. The van der Waals surface area contributed by atoms with E-state index in [9.17, 15) is 14.3 Å². The van der Waals surface area contributed by atoms with Gasteiger partial charge in [0.25, 0.3) is 0 Å². The number of nitrogens with one attached hydrogen (secondary N) is 2. The summed E-state index contributed by atoms with van der Waals surface area (Å²) >= 11 is 0. The van der Waals surface area contributed by atoms with Crippen molar-refractivity contribution in [1.29, 1.82) is 0 Å². The molecule has 1 aliphatic rings. The smallest absolute Gasteiger partial charge is 0.346 e. The Bertz CT molecular complexity index is 440. The topological polar surface area (TPSA) is 107 Å². The Balaban J connectivity index is 2.07. The molecule has 2 rings (SSSR count). The summed E-state index contributed by atoms with van der Waals surface area (Å²) in [7, 11) is 0. The highest BCUT2D eigenvalue weighted by atomic mass is 19.1. The van der Waals surface area contributed by atoms with Crippen LogP contribution in [0.1, 0.15) is 0 Å². The summed E-state index contributed by atoms with van der Waals surface area (Å²) in [5.41, 5.74) is -0.571. The number of rotatable bonds is 3. The minimum absolute atomic E-state index is 0.156. The van der Waals surface area contributed by atoms with E-state index < -0.39 is 36.9 Å². The molecule has 8 heteroatoms. The summed E-state index contributed by atoms with van der Waals surface area (Å²) in [6.07, 6.45) is -3.87. The molecule has 17 heavy (non-hydrogen) atoms. The zero-order valence-electron chi connectivity index (χ0n) is 8.71. The lowest BCUT2D eigenvalue weighted by Crippen LogP contribution is -2.34. The van der Waals surface area contributed by atoms with E-state index in [1.807, 2.05) is 0 Å². The maximum Gasteiger partial charge on any atom is 0.346 e. The Labute approximate surface area is 95.3 Å². The van der Waals surface area contributed by atoms with Crippen LogP contribution < -0.4 is 11.0 Å². The standard InChI is InChI=1S/C9H12FN3O4/c10-6-4(3-14)17-8(7(6)15)12-5-1-2-11-9(16)13-5/h1-2,4,6-8,14-15H,3H2,(H2,11,12,13,16)/t4-,6+,7-,8-/m1/s1. The third-order valence-corrected chi connectivity index (χ3v) is 2.45. The Morgan fingerprint density at radius 2 is 2.41 bits per heavy atom. The van der Waals surface area contributed by atoms with Gasteiger partial charge < -0.3 is 25.3 Å². The lowest BCUT2D eigenvalue weighted by molar-refractivity contribution is -0.000520. The van der Waals surface area contributed by atoms with Crippen molar-refractivity contribution in [2.75, 3.05) is 11.9 Å². The summed E-state index contributed by atoms with van der Waals surface area (Å²) in [5, 5.41) is 20.9. The predicted octanol–water partition coefficient (Wildman–Crippen LogP) is -1.40. The van der Waals surface area contributed by atoms with Gasteiger partial charge in [-0.3, -0.25) is 0 Å². The molecule has 1 aromatic rings. The monoisotopic (exact) mass is 245 g/mol. The van der Waals surface area contributed by atoms with Crippen molar-refractivity contribution in [1.82, 2.24) is 9.97 Å². The van der Waals surface area contributed by atoms with Crippen LogP contribution in [-0.2, 0) is 4.74 Å². The number of ether oxygens (including phenoxy) is 1. The molecule has 7 nitrogen and oxygen atoms in total. The van der Waals surface area contributed by atoms with Crippen molar-refractivity contribution in [3.05, 3.63) is 22.7 Å². The molecule has 1 aliphatic heterocycles. The van der Waals surface area contributed by atoms with Crippen molar-refractivity contribution in [3.63, 3.8) is 0 Å². The number of aromatic nitrogens is 2. The molecule has 4 atom stereocenters. The number of halogens is 1. The van der Waals surface area contributed by atoms with E-state index in [2.05, 4.69) is 15.3 Å². The van der Waals surface area contributed by atoms with Crippen LogP contribution in [-0.4, -0.2) is 51.4 Å². The van der Waals surface area contributed by atoms with Crippen LogP contribution in [0, 0.1) is 0 Å². The van der Waals surface area contributed by atoms with E-state index >= 15 is 0 Å². The third kappa shape index (κ3) is 2.43. The molecule has 0 aliphatic carbocycles. The van der Waals surface area contributed by atoms with Crippen molar-refractivity contribution in [3.8, 4) is 0 Å². The number of alkyl halides is 1. The Morgan fingerprint density at radius 1 is 1.65 bits per heavy atom. The van der Waals surface area contributed by atoms with E-state index in [1.165, 1.54) is 12.3 Å². The lowest BCUT2D eigenvalue weighted by Gasteiger charge is -2.15. The first kappa shape index (κ1) is 12.0. The maximum absolute atomic E-state index is 13.4. The highest BCUT2D eigenvalue weighted by Gasteiger charge is 2.43. The average molecular weight is 245 g/mol. The number of hydrogen-bond acceptors (Lipinski definition) is 6. The SMILES string of the molecule is O=c1nc(N[C@@H]2O[C@H](CO)[C@H](F)[C@H]2O)cc[nH]1. The van der Waals surface area contributed by atoms with Gasteiger partial charge in [-0.1, -0.05) is 0 Å².